The maximum absolute atomic E-state index is 13.6. The van der Waals surface area contributed by atoms with Crippen molar-refractivity contribution in [2.24, 2.45) is 22.2 Å². The molecule has 0 saturated carbocycles. The molecule has 0 aliphatic heterocycles. The Bertz CT molecular complexity index is 1240. The van der Waals surface area contributed by atoms with Crippen LogP contribution in [-0.2, 0) is 19.2 Å². The average molecular weight is 431 g/mol. The van der Waals surface area contributed by atoms with Gasteiger partial charge in [-0.15, -0.1) is 0 Å². The predicted octanol–water partition coefficient (Wildman–Crippen LogP) is 4.98. The van der Waals surface area contributed by atoms with Gasteiger partial charge in [-0.1, -0.05) is 24.8 Å². The van der Waals surface area contributed by atoms with Crippen molar-refractivity contribution >= 4 is 23.1 Å². The summed E-state index contributed by atoms with van der Waals surface area (Å²) in [4.78, 5) is 53.6. The lowest BCUT2D eigenvalue weighted by Crippen LogP contribution is -2.31. The van der Waals surface area contributed by atoms with Gasteiger partial charge in [0.25, 0.3) is 0 Å². The molecule has 1 atom stereocenters. The van der Waals surface area contributed by atoms with Gasteiger partial charge in [0.2, 0.25) is 0 Å². The molecule has 0 spiro atoms. The lowest BCUT2D eigenvalue weighted by molar-refractivity contribution is -0.122. The van der Waals surface area contributed by atoms with Crippen LogP contribution in [0, 0.1) is 22.2 Å². The van der Waals surface area contributed by atoms with E-state index in [9.17, 15) is 19.2 Å². The lowest BCUT2D eigenvalue weighted by atomic mass is 9.72. The van der Waals surface area contributed by atoms with Gasteiger partial charge in [0.1, 0.15) is 0 Å². The van der Waals surface area contributed by atoms with Crippen LogP contribution in [0.2, 0.25) is 0 Å². The van der Waals surface area contributed by atoms with E-state index in [-0.39, 0.29) is 23.1 Å². The van der Waals surface area contributed by atoms with Gasteiger partial charge < -0.3 is 0 Å². The molecule has 4 nitrogen and oxygen atoms in total. The lowest BCUT2D eigenvalue weighted by Gasteiger charge is -2.28. The summed E-state index contributed by atoms with van der Waals surface area (Å²) in [6.45, 7) is 22.6. The zero-order chi connectivity index (χ0) is 24.3. The molecule has 0 bridgehead atoms. The number of rotatable bonds is 1. The standard InChI is InChI=1S/C28H30O4/c1-12(2)17-15(22(29)18-13(3)26(5,6)25(32)21(17)18)11-16-20-19(23(30)28(16,9)10)14(4)27(7,8)24(20)31/h11,15H,3-4H2,1-2,5-10H3/b16-11-. The van der Waals surface area contributed by atoms with Crippen LogP contribution in [0.3, 0.4) is 0 Å². The second-order valence-electron chi connectivity index (χ2n) is 11.2. The average Bonchev–Trinajstić information content (AvgIpc) is 3.21. The van der Waals surface area contributed by atoms with Gasteiger partial charge in [-0.25, -0.2) is 0 Å². The van der Waals surface area contributed by atoms with E-state index in [1.165, 1.54) is 0 Å². The van der Waals surface area contributed by atoms with Crippen LogP contribution < -0.4 is 0 Å². The van der Waals surface area contributed by atoms with Crippen LogP contribution in [0.1, 0.15) is 55.4 Å². The first-order valence-electron chi connectivity index (χ1n) is 11.0. The molecule has 4 heteroatoms. The molecule has 0 heterocycles. The molecule has 4 rings (SSSR count). The Morgan fingerprint density at radius 2 is 1.12 bits per heavy atom. The first kappa shape index (κ1) is 22.3. The second-order valence-corrected chi connectivity index (χ2v) is 11.2. The molecule has 0 radical (unpaired) electrons. The largest absolute Gasteiger partial charge is 0.293 e. The molecule has 0 aromatic rings. The molecular formula is C28H30O4. The van der Waals surface area contributed by atoms with Crippen LogP contribution in [0.15, 0.2) is 69.4 Å². The van der Waals surface area contributed by atoms with Crippen LogP contribution in [0.4, 0.5) is 0 Å². The number of ketones is 4. The maximum atomic E-state index is 13.6. The number of carbonyl (C=O) groups excluding carboxylic acids is 4. The normalized spacial score (nSPS) is 29.2. The summed E-state index contributed by atoms with van der Waals surface area (Å²) in [6, 6.07) is 0. The number of hydrogen-bond acceptors (Lipinski definition) is 4. The first-order valence-corrected chi connectivity index (χ1v) is 11.0. The molecule has 1 unspecified atom stereocenters. The molecule has 0 saturated heterocycles. The van der Waals surface area contributed by atoms with Gasteiger partial charge in [-0.05, 0) is 77.7 Å². The SMILES string of the molecule is C=C1C2=C(C(=O)C1(C)C)C(=C(C)C)C(/C=C1/C3=C(C(=C)C(C)(C)C3=O)C(=O)C1(C)C)C2=O. The van der Waals surface area contributed by atoms with Gasteiger partial charge in [0.15, 0.2) is 23.1 Å². The summed E-state index contributed by atoms with van der Waals surface area (Å²) in [5.41, 5.74) is 2.16. The van der Waals surface area contributed by atoms with Gasteiger partial charge in [-0.2, -0.15) is 0 Å². The minimum absolute atomic E-state index is 0.101. The van der Waals surface area contributed by atoms with E-state index in [0.717, 1.165) is 5.57 Å². The number of carbonyl (C=O) groups is 4. The monoisotopic (exact) mass is 430 g/mol. The van der Waals surface area contributed by atoms with E-state index in [1.807, 2.05) is 13.8 Å². The van der Waals surface area contributed by atoms with Crippen molar-refractivity contribution in [3.8, 4) is 0 Å². The maximum Gasteiger partial charge on any atom is 0.175 e. The quantitative estimate of drug-likeness (QED) is 0.588. The second kappa shape index (κ2) is 6.12. The Morgan fingerprint density at radius 3 is 1.62 bits per heavy atom. The van der Waals surface area contributed by atoms with E-state index in [4.69, 9.17) is 0 Å². The van der Waals surface area contributed by atoms with Crippen molar-refractivity contribution in [3.63, 3.8) is 0 Å². The Hall–Kier alpha value is -2.88. The van der Waals surface area contributed by atoms with Crippen molar-refractivity contribution in [1.82, 2.24) is 0 Å². The van der Waals surface area contributed by atoms with Gasteiger partial charge in [-0.3, -0.25) is 19.2 Å². The van der Waals surface area contributed by atoms with Crippen LogP contribution in [0.5, 0.6) is 0 Å². The molecule has 0 aromatic carbocycles. The van der Waals surface area contributed by atoms with Crippen molar-refractivity contribution in [1.29, 1.82) is 0 Å². The molecular weight excluding hydrogens is 400 g/mol. The van der Waals surface area contributed by atoms with E-state index < -0.39 is 22.2 Å². The number of allylic oxidation sites excluding steroid dienone is 10. The zero-order valence-electron chi connectivity index (χ0n) is 20.2. The summed E-state index contributed by atoms with van der Waals surface area (Å²) in [5.74, 6) is -1.30. The Kier molecular flexibility index (Phi) is 4.27. The Morgan fingerprint density at radius 1 is 0.688 bits per heavy atom. The Balaban J connectivity index is 1.94. The van der Waals surface area contributed by atoms with Gasteiger partial charge in [0, 0.05) is 22.3 Å². The van der Waals surface area contributed by atoms with Crippen LogP contribution in [0.25, 0.3) is 0 Å². The van der Waals surface area contributed by atoms with Crippen molar-refractivity contribution in [2.45, 2.75) is 55.4 Å². The minimum atomic E-state index is -0.958. The van der Waals surface area contributed by atoms with Crippen molar-refractivity contribution in [3.05, 3.63) is 69.4 Å². The molecule has 166 valence electrons. The van der Waals surface area contributed by atoms with Gasteiger partial charge >= 0.3 is 0 Å². The van der Waals surface area contributed by atoms with E-state index >= 15 is 0 Å². The molecule has 0 amide bonds. The first-order chi connectivity index (χ1) is 14.5. The molecule has 0 fully saturated rings. The highest BCUT2D eigenvalue weighted by Crippen LogP contribution is 2.58. The predicted molar refractivity (Wildman–Crippen MR) is 124 cm³/mol. The summed E-state index contributed by atoms with van der Waals surface area (Å²) >= 11 is 0. The van der Waals surface area contributed by atoms with E-state index in [2.05, 4.69) is 13.2 Å². The Labute approximate surface area is 189 Å². The highest BCUT2D eigenvalue weighted by atomic mass is 16.1. The van der Waals surface area contributed by atoms with Gasteiger partial charge in [0.05, 0.1) is 22.2 Å². The third kappa shape index (κ3) is 2.33. The highest BCUT2D eigenvalue weighted by Gasteiger charge is 2.58. The van der Waals surface area contributed by atoms with E-state index in [0.29, 0.717) is 44.6 Å². The molecule has 32 heavy (non-hydrogen) atoms. The minimum Gasteiger partial charge on any atom is -0.293 e. The van der Waals surface area contributed by atoms with Crippen LogP contribution in [-0.4, -0.2) is 23.1 Å². The smallest absolute Gasteiger partial charge is 0.175 e. The molecule has 4 aliphatic carbocycles. The van der Waals surface area contributed by atoms with Crippen molar-refractivity contribution < 1.29 is 19.2 Å². The number of hydrogen-bond donors (Lipinski definition) is 0. The van der Waals surface area contributed by atoms with Crippen LogP contribution >= 0.6 is 0 Å². The summed E-state index contributed by atoms with van der Waals surface area (Å²) in [6.07, 6.45) is 1.75. The summed E-state index contributed by atoms with van der Waals surface area (Å²) < 4.78 is 0. The molecule has 0 N–H and O–H groups in total. The topological polar surface area (TPSA) is 68.3 Å². The molecule has 0 aromatic heterocycles. The fourth-order valence-corrected chi connectivity index (χ4v) is 5.46. The van der Waals surface area contributed by atoms with Crippen molar-refractivity contribution in [2.75, 3.05) is 0 Å². The summed E-state index contributed by atoms with van der Waals surface area (Å²) in [7, 11) is 0. The summed E-state index contributed by atoms with van der Waals surface area (Å²) in [5, 5.41) is 0. The third-order valence-electron chi connectivity index (χ3n) is 7.92. The fraction of sp³-hybridized carbons (Fsp3) is 0.429. The fourth-order valence-electron chi connectivity index (χ4n) is 5.46. The number of Topliss-reactive ketones (excluding diaryl/α,β-unsaturated/α-hetero) is 4. The molecule has 4 aliphatic rings. The highest BCUT2D eigenvalue weighted by molar-refractivity contribution is 6.28. The van der Waals surface area contributed by atoms with E-state index in [1.54, 1.807) is 47.6 Å². The zero-order valence-corrected chi connectivity index (χ0v) is 20.2. The third-order valence-corrected chi connectivity index (χ3v) is 7.92.